The largest absolute Gasteiger partial charge is 0.497 e. The molecule has 0 aliphatic heterocycles. The van der Waals surface area contributed by atoms with E-state index in [1.54, 1.807) is 7.11 Å². The zero-order valence-electron chi connectivity index (χ0n) is 10.7. The minimum absolute atomic E-state index is 0.0538. The molecule has 20 heavy (non-hydrogen) atoms. The van der Waals surface area contributed by atoms with E-state index < -0.39 is 4.92 Å². The molecule has 2 aromatic rings. The van der Waals surface area contributed by atoms with Crippen molar-refractivity contribution in [3.8, 4) is 11.5 Å². The van der Waals surface area contributed by atoms with Gasteiger partial charge in [-0.2, -0.15) is 0 Å². The van der Waals surface area contributed by atoms with Crippen LogP contribution >= 0.6 is 11.6 Å². The van der Waals surface area contributed by atoms with Crippen LogP contribution in [0.15, 0.2) is 42.5 Å². The van der Waals surface area contributed by atoms with Crippen molar-refractivity contribution in [2.24, 2.45) is 0 Å². The predicted molar refractivity (Wildman–Crippen MR) is 75.4 cm³/mol. The van der Waals surface area contributed by atoms with E-state index in [1.165, 1.54) is 18.2 Å². The minimum Gasteiger partial charge on any atom is -0.497 e. The molecule has 5 nitrogen and oxygen atoms in total. The van der Waals surface area contributed by atoms with Crippen LogP contribution in [0.25, 0.3) is 0 Å². The van der Waals surface area contributed by atoms with Gasteiger partial charge in [-0.25, -0.2) is 0 Å². The fourth-order valence-corrected chi connectivity index (χ4v) is 1.89. The third-order valence-corrected chi connectivity index (χ3v) is 2.96. The van der Waals surface area contributed by atoms with Gasteiger partial charge in [0.05, 0.1) is 12.0 Å². The Morgan fingerprint density at radius 2 is 2.00 bits per heavy atom. The van der Waals surface area contributed by atoms with E-state index in [1.807, 2.05) is 24.3 Å². The number of halogens is 1. The molecule has 6 heteroatoms. The summed E-state index contributed by atoms with van der Waals surface area (Å²) in [6, 6.07) is 11.7. The average Bonchev–Trinajstić information content (AvgIpc) is 2.45. The summed E-state index contributed by atoms with van der Waals surface area (Å²) in [5.41, 5.74) is 0.791. The smallest absolute Gasteiger partial charge is 0.288 e. The predicted octanol–water partition coefficient (Wildman–Crippen LogP) is 3.84. The number of hydrogen-bond acceptors (Lipinski definition) is 4. The Morgan fingerprint density at radius 3 is 2.65 bits per heavy atom. The second-order valence-corrected chi connectivity index (χ2v) is 4.42. The van der Waals surface area contributed by atoms with E-state index in [2.05, 4.69) is 0 Å². The number of rotatable bonds is 5. The molecule has 0 bridgehead atoms. The van der Waals surface area contributed by atoms with E-state index >= 15 is 0 Å². The third-order valence-electron chi connectivity index (χ3n) is 2.66. The van der Waals surface area contributed by atoms with Crippen molar-refractivity contribution in [2.45, 2.75) is 6.61 Å². The zero-order chi connectivity index (χ0) is 14.5. The molecule has 0 fully saturated rings. The topological polar surface area (TPSA) is 61.6 Å². The Morgan fingerprint density at radius 1 is 1.20 bits per heavy atom. The molecule has 0 atom stereocenters. The van der Waals surface area contributed by atoms with Gasteiger partial charge in [0.1, 0.15) is 23.1 Å². The second-order valence-electron chi connectivity index (χ2n) is 4.01. The molecule has 2 rings (SSSR count). The number of ether oxygens (including phenoxy) is 2. The van der Waals surface area contributed by atoms with Gasteiger partial charge in [-0.05, 0) is 23.8 Å². The molecule has 0 amide bonds. The van der Waals surface area contributed by atoms with Gasteiger partial charge in [-0.1, -0.05) is 23.7 Å². The maximum Gasteiger partial charge on any atom is 0.288 e. The maximum absolute atomic E-state index is 10.6. The van der Waals surface area contributed by atoms with E-state index in [9.17, 15) is 10.1 Å². The van der Waals surface area contributed by atoms with Crippen LogP contribution in [0, 0.1) is 10.1 Å². The Kier molecular flexibility index (Phi) is 4.42. The van der Waals surface area contributed by atoms with Gasteiger partial charge in [-0.15, -0.1) is 0 Å². The summed E-state index contributed by atoms with van der Waals surface area (Å²) in [5, 5.41) is 10.7. The van der Waals surface area contributed by atoms with Crippen LogP contribution in [0.2, 0.25) is 5.02 Å². The van der Waals surface area contributed by atoms with E-state index in [0.29, 0.717) is 12.4 Å². The molecule has 0 saturated carbocycles. The average molecular weight is 294 g/mol. The summed E-state index contributed by atoms with van der Waals surface area (Å²) >= 11 is 5.81. The normalized spacial score (nSPS) is 10.1. The highest BCUT2D eigenvalue weighted by atomic mass is 35.5. The van der Waals surface area contributed by atoms with Gasteiger partial charge in [0.15, 0.2) is 0 Å². The van der Waals surface area contributed by atoms with Gasteiger partial charge in [0.25, 0.3) is 5.69 Å². The van der Waals surface area contributed by atoms with Crippen LogP contribution in [0.1, 0.15) is 5.56 Å². The molecule has 2 aromatic carbocycles. The van der Waals surface area contributed by atoms with Gasteiger partial charge in [-0.3, -0.25) is 10.1 Å². The number of nitro benzene ring substituents is 1. The van der Waals surface area contributed by atoms with Crippen molar-refractivity contribution in [1.29, 1.82) is 0 Å². The Balaban J connectivity index is 2.07. The van der Waals surface area contributed by atoms with Crippen molar-refractivity contribution in [1.82, 2.24) is 0 Å². The van der Waals surface area contributed by atoms with Crippen LogP contribution in [-0.4, -0.2) is 12.0 Å². The van der Waals surface area contributed by atoms with Crippen LogP contribution in [0.4, 0.5) is 5.69 Å². The first-order valence-electron chi connectivity index (χ1n) is 5.80. The summed E-state index contributed by atoms with van der Waals surface area (Å²) < 4.78 is 10.7. The fourth-order valence-electron chi connectivity index (χ4n) is 1.65. The van der Waals surface area contributed by atoms with Crippen LogP contribution < -0.4 is 9.47 Å². The standard InChI is InChI=1S/C14H12ClNO4/c1-19-11-4-2-3-10(7-11)9-20-12-5-6-14(16(17)18)13(15)8-12/h2-8H,9H2,1H3. The summed E-state index contributed by atoms with van der Waals surface area (Å²) in [4.78, 5) is 10.1. The third kappa shape index (κ3) is 3.39. The van der Waals surface area contributed by atoms with Crippen LogP contribution in [0.3, 0.4) is 0 Å². The first-order chi connectivity index (χ1) is 9.60. The van der Waals surface area contributed by atoms with E-state index in [-0.39, 0.29) is 10.7 Å². The fraction of sp³-hybridized carbons (Fsp3) is 0.143. The quantitative estimate of drug-likeness (QED) is 0.621. The van der Waals surface area contributed by atoms with E-state index in [4.69, 9.17) is 21.1 Å². The van der Waals surface area contributed by atoms with Crippen LogP contribution in [-0.2, 0) is 6.61 Å². The molecule has 0 heterocycles. The van der Waals surface area contributed by atoms with Crippen molar-refractivity contribution in [2.75, 3.05) is 7.11 Å². The van der Waals surface area contributed by atoms with Crippen molar-refractivity contribution >= 4 is 17.3 Å². The lowest BCUT2D eigenvalue weighted by Gasteiger charge is -2.08. The molecule has 0 aliphatic carbocycles. The monoisotopic (exact) mass is 293 g/mol. The van der Waals surface area contributed by atoms with Gasteiger partial charge >= 0.3 is 0 Å². The molecule has 0 aromatic heterocycles. The highest BCUT2D eigenvalue weighted by Crippen LogP contribution is 2.28. The molecule has 0 spiro atoms. The molecule has 0 saturated heterocycles. The minimum atomic E-state index is -0.534. The molecule has 104 valence electrons. The van der Waals surface area contributed by atoms with Gasteiger partial charge in [0, 0.05) is 12.1 Å². The molecule has 0 aliphatic rings. The highest BCUT2D eigenvalue weighted by Gasteiger charge is 2.12. The Labute approximate surface area is 120 Å². The molecular formula is C14H12ClNO4. The zero-order valence-corrected chi connectivity index (χ0v) is 11.5. The molecular weight excluding hydrogens is 282 g/mol. The summed E-state index contributed by atoms with van der Waals surface area (Å²) in [5.74, 6) is 1.22. The number of hydrogen-bond donors (Lipinski definition) is 0. The molecule has 0 radical (unpaired) electrons. The lowest BCUT2D eigenvalue weighted by atomic mass is 10.2. The Hall–Kier alpha value is -2.27. The van der Waals surface area contributed by atoms with Gasteiger partial charge < -0.3 is 9.47 Å². The number of nitrogens with zero attached hydrogens (tertiary/aromatic N) is 1. The van der Waals surface area contributed by atoms with Crippen LogP contribution in [0.5, 0.6) is 11.5 Å². The number of methoxy groups -OCH3 is 1. The SMILES string of the molecule is COc1cccc(COc2ccc([N+](=O)[O-])c(Cl)c2)c1. The maximum atomic E-state index is 10.6. The van der Waals surface area contributed by atoms with Crippen molar-refractivity contribution < 1.29 is 14.4 Å². The summed E-state index contributed by atoms with van der Waals surface area (Å²) in [6.07, 6.45) is 0. The van der Waals surface area contributed by atoms with E-state index in [0.717, 1.165) is 11.3 Å². The van der Waals surface area contributed by atoms with Crippen molar-refractivity contribution in [3.63, 3.8) is 0 Å². The summed E-state index contributed by atoms with van der Waals surface area (Å²) in [6.45, 7) is 0.325. The highest BCUT2D eigenvalue weighted by molar-refractivity contribution is 6.32. The lowest BCUT2D eigenvalue weighted by Crippen LogP contribution is -1.97. The second kappa shape index (κ2) is 6.25. The van der Waals surface area contributed by atoms with Crippen molar-refractivity contribution in [3.05, 3.63) is 63.2 Å². The van der Waals surface area contributed by atoms with Gasteiger partial charge in [0.2, 0.25) is 0 Å². The first kappa shape index (κ1) is 14.1. The number of nitro groups is 1. The molecule has 0 unspecified atom stereocenters. The lowest BCUT2D eigenvalue weighted by molar-refractivity contribution is -0.384. The number of benzene rings is 2. The summed E-state index contributed by atoms with van der Waals surface area (Å²) in [7, 11) is 1.59. The Bertz CT molecular complexity index is 630. The molecule has 0 N–H and O–H groups in total. The first-order valence-corrected chi connectivity index (χ1v) is 6.17.